The van der Waals surface area contributed by atoms with E-state index in [2.05, 4.69) is 4.98 Å². The van der Waals surface area contributed by atoms with Crippen molar-refractivity contribution in [3.63, 3.8) is 0 Å². The molecule has 0 saturated carbocycles. The predicted octanol–water partition coefficient (Wildman–Crippen LogP) is 0.645. The number of nitrogens with two attached hydrogens (primary N) is 1. The lowest BCUT2D eigenvalue weighted by atomic mass is 10.3. The van der Waals surface area contributed by atoms with Crippen molar-refractivity contribution in [2.24, 2.45) is 5.73 Å². The maximum Gasteiger partial charge on any atom is 0.354 e. The number of carboxylic acid groups (broad SMARTS) is 1. The summed E-state index contributed by atoms with van der Waals surface area (Å²) in [5.74, 6) is -2.09. The minimum atomic E-state index is -1.31. The Kier molecular flexibility index (Phi) is 3.56. The Labute approximate surface area is 85.7 Å². The normalized spacial score (nSPS) is 12.2. The number of pyridine rings is 1. The minimum Gasteiger partial charge on any atom is -0.477 e. The summed E-state index contributed by atoms with van der Waals surface area (Å²) in [5.41, 5.74) is 5.02. The molecule has 0 aliphatic carbocycles. The Hall–Kier alpha value is -1.69. The van der Waals surface area contributed by atoms with Crippen LogP contribution in [0.25, 0.3) is 0 Å². The van der Waals surface area contributed by atoms with Crippen molar-refractivity contribution < 1.29 is 19.0 Å². The molecule has 3 N–H and O–H groups in total. The molecule has 1 atom stereocenters. The van der Waals surface area contributed by atoms with Gasteiger partial charge in [-0.2, -0.15) is 0 Å². The van der Waals surface area contributed by atoms with Crippen molar-refractivity contribution in [2.75, 3.05) is 6.61 Å². The Balaban J connectivity index is 2.84. The van der Waals surface area contributed by atoms with Crippen LogP contribution >= 0.6 is 0 Å². The number of aromatic nitrogens is 1. The fourth-order valence-corrected chi connectivity index (χ4v) is 0.874. The number of carbonyl (C=O) groups is 1. The predicted molar refractivity (Wildman–Crippen MR) is 50.3 cm³/mol. The highest BCUT2D eigenvalue weighted by molar-refractivity contribution is 5.85. The molecule has 6 heteroatoms. The zero-order chi connectivity index (χ0) is 11.4. The fraction of sp³-hybridized carbons (Fsp3) is 0.333. The van der Waals surface area contributed by atoms with Crippen LogP contribution in [0.4, 0.5) is 4.39 Å². The lowest BCUT2D eigenvalue weighted by molar-refractivity contribution is 0.0688. The van der Waals surface area contributed by atoms with E-state index in [0.29, 0.717) is 0 Å². The van der Waals surface area contributed by atoms with E-state index in [1.807, 2.05) is 0 Å². The smallest absolute Gasteiger partial charge is 0.354 e. The van der Waals surface area contributed by atoms with E-state index >= 15 is 0 Å². The molecule has 1 aromatic heterocycles. The van der Waals surface area contributed by atoms with Crippen LogP contribution in [0, 0.1) is 5.82 Å². The summed E-state index contributed by atoms with van der Waals surface area (Å²) in [4.78, 5) is 14.1. The van der Waals surface area contributed by atoms with Crippen molar-refractivity contribution in [1.29, 1.82) is 0 Å². The zero-order valence-electron chi connectivity index (χ0n) is 8.11. The molecule has 0 spiro atoms. The first-order valence-electron chi connectivity index (χ1n) is 4.28. The van der Waals surface area contributed by atoms with Gasteiger partial charge in [-0.05, 0) is 6.92 Å². The molecule has 5 nitrogen and oxygen atoms in total. The summed E-state index contributed by atoms with van der Waals surface area (Å²) in [6.07, 6.45) is 0. The van der Waals surface area contributed by atoms with E-state index in [9.17, 15) is 9.18 Å². The van der Waals surface area contributed by atoms with Crippen molar-refractivity contribution in [3.8, 4) is 5.88 Å². The number of halogens is 1. The van der Waals surface area contributed by atoms with Crippen LogP contribution in [0.1, 0.15) is 17.4 Å². The monoisotopic (exact) mass is 214 g/mol. The van der Waals surface area contributed by atoms with Gasteiger partial charge in [-0.15, -0.1) is 0 Å². The molecule has 0 amide bonds. The largest absolute Gasteiger partial charge is 0.477 e. The Bertz CT molecular complexity index is 368. The average molecular weight is 214 g/mol. The number of nitrogens with zero attached hydrogens (tertiary/aromatic N) is 1. The Morgan fingerprint density at radius 2 is 2.40 bits per heavy atom. The van der Waals surface area contributed by atoms with Gasteiger partial charge in [0, 0.05) is 18.2 Å². The molecular formula is C9H11FN2O3. The van der Waals surface area contributed by atoms with Gasteiger partial charge in [0.05, 0.1) is 0 Å². The zero-order valence-corrected chi connectivity index (χ0v) is 8.11. The first-order chi connectivity index (χ1) is 6.99. The van der Waals surface area contributed by atoms with Crippen LogP contribution in [-0.2, 0) is 0 Å². The minimum absolute atomic E-state index is 0.0790. The number of hydrogen-bond acceptors (Lipinski definition) is 4. The first kappa shape index (κ1) is 11.4. The molecule has 82 valence electrons. The summed E-state index contributed by atoms with van der Waals surface area (Å²) in [6.45, 7) is 1.85. The maximum absolute atomic E-state index is 12.9. The third kappa shape index (κ3) is 3.51. The molecule has 0 fully saturated rings. The van der Waals surface area contributed by atoms with Gasteiger partial charge >= 0.3 is 5.97 Å². The van der Waals surface area contributed by atoms with Crippen molar-refractivity contribution >= 4 is 5.97 Å². The van der Waals surface area contributed by atoms with Crippen LogP contribution in [0.2, 0.25) is 0 Å². The molecule has 0 aliphatic rings. The highest BCUT2D eigenvalue weighted by Gasteiger charge is 2.09. The van der Waals surface area contributed by atoms with Crippen LogP contribution < -0.4 is 10.5 Å². The SMILES string of the molecule is CC(N)COc1cc(F)cc(C(=O)O)n1. The summed E-state index contributed by atoms with van der Waals surface area (Å²) < 4.78 is 17.9. The summed E-state index contributed by atoms with van der Waals surface area (Å²) in [5, 5.41) is 8.60. The van der Waals surface area contributed by atoms with Gasteiger partial charge in [-0.1, -0.05) is 0 Å². The summed E-state index contributed by atoms with van der Waals surface area (Å²) in [6, 6.07) is 1.60. The van der Waals surface area contributed by atoms with Crippen molar-refractivity contribution in [2.45, 2.75) is 13.0 Å². The van der Waals surface area contributed by atoms with E-state index in [0.717, 1.165) is 12.1 Å². The third-order valence-electron chi connectivity index (χ3n) is 1.48. The summed E-state index contributed by atoms with van der Waals surface area (Å²) in [7, 11) is 0. The maximum atomic E-state index is 12.9. The second-order valence-electron chi connectivity index (χ2n) is 3.10. The molecule has 0 bridgehead atoms. The van der Waals surface area contributed by atoms with Crippen LogP contribution in [0.3, 0.4) is 0 Å². The highest BCUT2D eigenvalue weighted by Crippen LogP contribution is 2.11. The number of rotatable bonds is 4. The first-order valence-corrected chi connectivity index (χ1v) is 4.28. The van der Waals surface area contributed by atoms with Crippen molar-refractivity contribution in [3.05, 3.63) is 23.6 Å². The average Bonchev–Trinajstić information content (AvgIpc) is 2.13. The molecule has 1 unspecified atom stereocenters. The van der Waals surface area contributed by atoms with Gasteiger partial charge in [0.25, 0.3) is 0 Å². The van der Waals surface area contributed by atoms with Crippen molar-refractivity contribution in [1.82, 2.24) is 4.98 Å². The van der Waals surface area contributed by atoms with Crippen LogP contribution in [0.5, 0.6) is 5.88 Å². The van der Waals surface area contributed by atoms with Gasteiger partial charge in [0.1, 0.15) is 12.4 Å². The molecule has 15 heavy (non-hydrogen) atoms. The molecule has 1 heterocycles. The molecule has 1 aromatic rings. The third-order valence-corrected chi connectivity index (χ3v) is 1.48. The van der Waals surface area contributed by atoms with Crippen LogP contribution in [0.15, 0.2) is 12.1 Å². The number of hydrogen-bond donors (Lipinski definition) is 2. The van der Waals surface area contributed by atoms with E-state index in [1.54, 1.807) is 6.92 Å². The molecular weight excluding hydrogens is 203 g/mol. The lowest BCUT2D eigenvalue weighted by Crippen LogP contribution is -2.24. The fourth-order valence-electron chi connectivity index (χ4n) is 0.874. The van der Waals surface area contributed by atoms with Crippen LogP contribution in [-0.4, -0.2) is 28.7 Å². The van der Waals surface area contributed by atoms with Gasteiger partial charge in [-0.25, -0.2) is 14.2 Å². The van der Waals surface area contributed by atoms with Gasteiger partial charge in [0.15, 0.2) is 5.69 Å². The van der Waals surface area contributed by atoms with Gasteiger partial charge in [0.2, 0.25) is 5.88 Å². The molecule has 0 aromatic carbocycles. The quantitative estimate of drug-likeness (QED) is 0.768. The molecule has 0 aliphatic heterocycles. The summed E-state index contributed by atoms with van der Waals surface area (Å²) >= 11 is 0. The highest BCUT2D eigenvalue weighted by atomic mass is 19.1. The van der Waals surface area contributed by atoms with E-state index < -0.39 is 17.5 Å². The Morgan fingerprint density at radius 3 is 2.93 bits per heavy atom. The number of carboxylic acids is 1. The lowest BCUT2D eigenvalue weighted by Gasteiger charge is -2.08. The number of ether oxygens (including phenoxy) is 1. The second-order valence-corrected chi connectivity index (χ2v) is 3.10. The topological polar surface area (TPSA) is 85.4 Å². The van der Waals surface area contributed by atoms with E-state index in [1.165, 1.54) is 0 Å². The van der Waals surface area contributed by atoms with Gasteiger partial charge < -0.3 is 15.6 Å². The van der Waals surface area contributed by atoms with E-state index in [4.69, 9.17) is 15.6 Å². The van der Waals surface area contributed by atoms with E-state index in [-0.39, 0.29) is 18.5 Å². The number of aromatic carboxylic acids is 1. The van der Waals surface area contributed by atoms with Gasteiger partial charge in [-0.3, -0.25) is 0 Å². The Morgan fingerprint density at radius 1 is 1.73 bits per heavy atom. The standard InChI is InChI=1S/C9H11FN2O3/c1-5(11)4-15-8-3-6(10)2-7(12-8)9(13)14/h2-3,5H,4,11H2,1H3,(H,13,14). The molecule has 0 saturated heterocycles. The molecule has 1 rings (SSSR count). The second kappa shape index (κ2) is 4.70. The molecule has 0 radical (unpaired) electrons.